The summed E-state index contributed by atoms with van der Waals surface area (Å²) in [6.45, 7) is 4.43. The van der Waals surface area contributed by atoms with Crippen LogP contribution in [0.2, 0.25) is 0 Å². The lowest BCUT2D eigenvalue weighted by molar-refractivity contribution is 0.183. The van der Waals surface area contributed by atoms with Gasteiger partial charge in [-0.05, 0) is 39.8 Å². The molecule has 2 amide bonds. The normalized spacial score (nSPS) is 15.9. The maximum absolute atomic E-state index is 12.7. The van der Waals surface area contributed by atoms with Gasteiger partial charge in [-0.25, -0.2) is 4.79 Å². The molecule has 0 spiro atoms. The standard InChI is InChI=1S/C17H31N5O/c1-14-12-16(21(4)19-14)18-17(23)22(11-10-20(2)3)13-15-8-6-5-7-9-15/h12,15H,5-11,13H2,1-4H3,(H,18,23). The van der Waals surface area contributed by atoms with Crippen LogP contribution in [-0.4, -0.2) is 59.3 Å². The third-order valence-corrected chi connectivity index (χ3v) is 4.54. The largest absolute Gasteiger partial charge is 0.323 e. The third-order valence-electron chi connectivity index (χ3n) is 4.54. The SMILES string of the molecule is Cc1cc(NC(=O)N(CCN(C)C)CC2CCCCC2)n(C)n1. The molecule has 2 rings (SSSR count). The van der Waals surface area contributed by atoms with Gasteiger partial charge in [-0.3, -0.25) is 10.00 Å². The van der Waals surface area contributed by atoms with Crippen molar-refractivity contribution in [3.8, 4) is 0 Å². The average Bonchev–Trinajstić information content (AvgIpc) is 2.82. The van der Waals surface area contributed by atoms with E-state index in [0.717, 1.165) is 31.1 Å². The molecular weight excluding hydrogens is 290 g/mol. The molecule has 1 aliphatic carbocycles. The maximum Gasteiger partial charge on any atom is 0.323 e. The number of anilines is 1. The lowest BCUT2D eigenvalue weighted by Crippen LogP contribution is -2.42. The second kappa shape index (κ2) is 8.34. The van der Waals surface area contributed by atoms with Gasteiger partial charge in [0.1, 0.15) is 5.82 Å². The Bertz CT molecular complexity index is 505. The number of hydrogen-bond acceptors (Lipinski definition) is 3. The van der Waals surface area contributed by atoms with Crippen molar-refractivity contribution in [2.75, 3.05) is 39.0 Å². The van der Waals surface area contributed by atoms with Gasteiger partial charge in [-0.1, -0.05) is 19.3 Å². The molecule has 0 radical (unpaired) electrons. The molecular formula is C17H31N5O. The summed E-state index contributed by atoms with van der Waals surface area (Å²) in [5.41, 5.74) is 0.912. The van der Waals surface area contributed by atoms with Gasteiger partial charge in [-0.2, -0.15) is 5.10 Å². The molecule has 1 aliphatic rings. The molecule has 1 N–H and O–H groups in total. The van der Waals surface area contributed by atoms with E-state index < -0.39 is 0 Å². The maximum atomic E-state index is 12.7. The molecule has 1 fully saturated rings. The molecule has 6 nitrogen and oxygen atoms in total. The predicted octanol–water partition coefficient (Wildman–Crippen LogP) is 2.70. The van der Waals surface area contributed by atoms with Crippen molar-refractivity contribution in [2.24, 2.45) is 13.0 Å². The number of nitrogens with zero attached hydrogens (tertiary/aromatic N) is 4. The van der Waals surface area contributed by atoms with Crippen molar-refractivity contribution >= 4 is 11.8 Å². The molecule has 0 atom stereocenters. The minimum absolute atomic E-state index is 0.0135. The lowest BCUT2D eigenvalue weighted by atomic mass is 9.89. The second-order valence-corrected chi connectivity index (χ2v) is 6.98. The first-order chi connectivity index (χ1) is 11.0. The first-order valence-corrected chi connectivity index (χ1v) is 8.67. The number of carbonyl (C=O) groups excluding carboxylic acids is 1. The van der Waals surface area contributed by atoms with Gasteiger partial charge >= 0.3 is 6.03 Å². The Morgan fingerprint density at radius 3 is 2.57 bits per heavy atom. The van der Waals surface area contributed by atoms with E-state index in [1.807, 2.05) is 39.0 Å². The highest BCUT2D eigenvalue weighted by Gasteiger charge is 2.21. The average molecular weight is 321 g/mol. The number of aromatic nitrogens is 2. The molecule has 0 saturated heterocycles. The number of amides is 2. The molecule has 130 valence electrons. The quantitative estimate of drug-likeness (QED) is 0.876. The van der Waals surface area contributed by atoms with Gasteiger partial charge < -0.3 is 9.80 Å². The van der Waals surface area contributed by atoms with Crippen molar-refractivity contribution < 1.29 is 4.79 Å². The summed E-state index contributed by atoms with van der Waals surface area (Å²) in [6, 6.07) is 1.89. The van der Waals surface area contributed by atoms with Gasteiger partial charge in [0.05, 0.1) is 5.69 Å². The number of carbonyl (C=O) groups is 1. The number of rotatable bonds is 6. The van der Waals surface area contributed by atoms with E-state index >= 15 is 0 Å². The van der Waals surface area contributed by atoms with E-state index in [4.69, 9.17) is 0 Å². The zero-order chi connectivity index (χ0) is 16.8. The van der Waals surface area contributed by atoms with Gasteiger partial charge in [0, 0.05) is 32.7 Å². The van der Waals surface area contributed by atoms with Crippen LogP contribution in [0.5, 0.6) is 0 Å². The fraction of sp³-hybridized carbons (Fsp3) is 0.765. The van der Waals surface area contributed by atoms with Crippen molar-refractivity contribution in [1.82, 2.24) is 19.6 Å². The molecule has 1 saturated carbocycles. The number of nitrogens with one attached hydrogen (secondary N) is 1. The van der Waals surface area contributed by atoms with Crippen LogP contribution in [0.4, 0.5) is 10.6 Å². The van der Waals surface area contributed by atoms with E-state index in [1.165, 1.54) is 32.1 Å². The predicted molar refractivity (Wildman–Crippen MR) is 93.7 cm³/mol. The van der Waals surface area contributed by atoms with Crippen LogP contribution in [0.3, 0.4) is 0 Å². The molecule has 1 aromatic rings. The Kier molecular flexibility index (Phi) is 6.45. The van der Waals surface area contributed by atoms with Crippen molar-refractivity contribution in [3.05, 3.63) is 11.8 Å². The van der Waals surface area contributed by atoms with E-state index in [1.54, 1.807) is 4.68 Å². The van der Waals surface area contributed by atoms with Crippen LogP contribution in [0.15, 0.2) is 6.07 Å². The number of hydrogen-bond donors (Lipinski definition) is 1. The minimum atomic E-state index is -0.0135. The number of urea groups is 1. The highest BCUT2D eigenvalue weighted by molar-refractivity contribution is 5.88. The summed E-state index contributed by atoms with van der Waals surface area (Å²) in [5, 5.41) is 7.30. The zero-order valence-corrected chi connectivity index (χ0v) is 15.0. The topological polar surface area (TPSA) is 53.4 Å². The molecule has 0 aromatic carbocycles. The van der Waals surface area contributed by atoms with Crippen molar-refractivity contribution in [2.45, 2.75) is 39.0 Å². The Hall–Kier alpha value is -1.56. The second-order valence-electron chi connectivity index (χ2n) is 6.98. The summed E-state index contributed by atoms with van der Waals surface area (Å²) in [6.07, 6.45) is 6.44. The molecule has 1 heterocycles. The monoisotopic (exact) mass is 321 g/mol. The van der Waals surface area contributed by atoms with Crippen LogP contribution >= 0.6 is 0 Å². The Morgan fingerprint density at radius 1 is 1.30 bits per heavy atom. The van der Waals surface area contributed by atoms with E-state index in [-0.39, 0.29) is 6.03 Å². The first kappa shape index (κ1) is 17.8. The molecule has 1 aromatic heterocycles. The number of aryl methyl sites for hydroxylation is 2. The molecule has 0 unspecified atom stereocenters. The van der Waals surface area contributed by atoms with Crippen LogP contribution in [0.25, 0.3) is 0 Å². The number of likely N-dealkylation sites (N-methyl/N-ethyl adjacent to an activating group) is 1. The fourth-order valence-corrected chi connectivity index (χ4v) is 3.19. The van der Waals surface area contributed by atoms with Gasteiger partial charge in [-0.15, -0.1) is 0 Å². The van der Waals surface area contributed by atoms with Gasteiger partial charge in [0.15, 0.2) is 0 Å². The highest BCUT2D eigenvalue weighted by atomic mass is 16.2. The first-order valence-electron chi connectivity index (χ1n) is 8.67. The lowest BCUT2D eigenvalue weighted by Gasteiger charge is -2.30. The Balaban J connectivity index is 1.98. The summed E-state index contributed by atoms with van der Waals surface area (Å²) < 4.78 is 1.72. The summed E-state index contributed by atoms with van der Waals surface area (Å²) in [4.78, 5) is 16.8. The molecule has 23 heavy (non-hydrogen) atoms. The smallest absolute Gasteiger partial charge is 0.323 e. The minimum Gasteiger partial charge on any atom is -0.323 e. The van der Waals surface area contributed by atoms with Crippen molar-refractivity contribution in [1.29, 1.82) is 0 Å². The third kappa shape index (κ3) is 5.53. The summed E-state index contributed by atoms with van der Waals surface area (Å²) in [7, 11) is 5.94. The van der Waals surface area contributed by atoms with Crippen LogP contribution < -0.4 is 5.32 Å². The summed E-state index contributed by atoms with van der Waals surface area (Å²) in [5.74, 6) is 1.40. The van der Waals surface area contributed by atoms with E-state index in [2.05, 4.69) is 15.3 Å². The van der Waals surface area contributed by atoms with Gasteiger partial charge in [0.25, 0.3) is 0 Å². The van der Waals surface area contributed by atoms with Crippen molar-refractivity contribution in [3.63, 3.8) is 0 Å². The fourth-order valence-electron chi connectivity index (χ4n) is 3.19. The zero-order valence-electron chi connectivity index (χ0n) is 15.0. The highest BCUT2D eigenvalue weighted by Crippen LogP contribution is 2.24. The van der Waals surface area contributed by atoms with Crippen LogP contribution in [0.1, 0.15) is 37.8 Å². The Morgan fingerprint density at radius 2 is 2.00 bits per heavy atom. The van der Waals surface area contributed by atoms with Gasteiger partial charge in [0.2, 0.25) is 0 Å². The molecule has 0 bridgehead atoms. The van der Waals surface area contributed by atoms with Crippen LogP contribution in [0, 0.1) is 12.8 Å². The summed E-state index contributed by atoms with van der Waals surface area (Å²) >= 11 is 0. The Labute approximate surface area is 139 Å². The molecule has 0 aliphatic heterocycles. The van der Waals surface area contributed by atoms with E-state index in [9.17, 15) is 4.79 Å². The van der Waals surface area contributed by atoms with Crippen LogP contribution in [-0.2, 0) is 7.05 Å². The molecule has 6 heteroatoms. The van der Waals surface area contributed by atoms with E-state index in [0.29, 0.717) is 5.92 Å².